The Morgan fingerprint density at radius 2 is 1.61 bits per heavy atom. The molecule has 5 rings (SSSR count). The van der Waals surface area contributed by atoms with Gasteiger partial charge in [-0.15, -0.1) is 0 Å². The van der Waals surface area contributed by atoms with Gasteiger partial charge in [0.05, 0.1) is 7.11 Å². The van der Waals surface area contributed by atoms with Crippen LogP contribution in [0.15, 0.2) is 79.0 Å². The normalized spacial score (nSPS) is 11.2. The van der Waals surface area contributed by atoms with Crippen LogP contribution in [0.1, 0.15) is 17.5 Å². The molecule has 5 nitrogen and oxygen atoms in total. The molecule has 2 heterocycles. The molecule has 1 amide bonds. The summed E-state index contributed by atoms with van der Waals surface area (Å²) < 4.78 is 5.30. The smallest absolute Gasteiger partial charge is 0.220 e. The molecule has 2 aromatic heterocycles. The first-order chi connectivity index (χ1) is 16.2. The summed E-state index contributed by atoms with van der Waals surface area (Å²) >= 11 is 0. The molecule has 0 unspecified atom stereocenters. The van der Waals surface area contributed by atoms with Crippen molar-refractivity contribution in [1.29, 1.82) is 0 Å². The maximum absolute atomic E-state index is 12.7. The van der Waals surface area contributed by atoms with Gasteiger partial charge in [-0.1, -0.05) is 36.4 Å². The van der Waals surface area contributed by atoms with Gasteiger partial charge in [-0.25, -0.2) is 0 Å². The number of nitrogens with one attached hydrogen (secondary N) is 3. The van der Waals surface area contributed by atoms with E-state index in [4.69, 9.17) is 4.74 Å². The fourth-order valence-electron chi connectivity index (χ4n) is 4.47. The number of aromatic amines is 2. The molecule has 166 valence electrons. The van der Waals surface area contributed by atoms with Gasteiger partial charge in [0.1, 0.15) is 5.75 Å². The van der Waals surface area contributed by atoms with Crippen LogP contribution in [0.25, 0.3) is 33.1 Å². The number of carbonyl (C=O) groups excluding carboxylic acids is 1. The van der Waals surface area contributed by atoms with Crippen LogP contribution < -0.4 is 10.1 Å². The Morgan fingerprint density at radius 1 is 0.879 bits per heavy atom. The van der Waals surface area contributed by atoms with E-state index < -0.39 is 0 Å². The molecule has 0 spiro atoms. The zero-order chi connectivity index (χ0) is 22.6. The predicted octanol–water partition coefficient (Wildman–Crippen LogP) is 5.62. The largest absolute Gasteiger partial charge is 0.497 e. The summed E-state index contributed by atoms with van der Waals surface area (Å²) in [5, 5.41) is 5.47. The molecule has 0 aliphatic heterocycles. The van der Waals surface area contributed by atoms with Gasteiger partial charge in [-0.05, 0) is 65.9 Å². The third-order valence-corrected chi connectivity index (χ3v) is 6.19. The van der Waals surface area contributed by atoms with Gasteiger partial charge in [0.2, 0.25) is 5.91 Å². The second-order valence-corrected chi connectivity index (χ2v) is 8.21. The van der Waals surface area contributed by atoms with E-state index in [1.807, 2.05) is 54.7 Å². The highest BCUT2D eigenvalue weighted by molar-refractivity contribution is 5.91. The van der Waals surface area contributed by atoms with Crippen LogP contribution in [-0.2, 0) is 17.6 Å². The van der Waals surface area contributed by atoms with Crippen molar-refractivity contribution >= 4 is 27.7 Å². The minimum atomic E-state index is 0.0702. The van der Waals surface area contributed by atoms with Crippen molar-refractivity contribution < 1.29 is 9.53 Å². The molecule has 0 radical (unpaired) electrons. The molecular formula is C28H27N3O2. The second-order valence-electron chi connectivity index (χ2n) is 8.21. The van der Waals surface area contributed by atoms with Crippen LogP contribution in [-0.4, -0.2) is 29.5 Å². The number of rotatable bonds is 8. The molecule has 0 bridgehead atoms. The van der Waals surface area contributed by atoms with Gasteiger partial charge in [0, 0.05) is 46.7 Å². The van der Waals surface area contributed by atoms with Crippen molar-refractivity contribution in [3.8, 4) is 17.0 Å². The predicted molar refractivity (Wildman–Crippen MR) is 134 cm³/mol. The van der Waals surface area contributed by atoms with E-state index >= 15 is 0 Å². The van der Waals surface area contributed by atoms with Gasteiger partial charge in [-0.2, -0.15) is 0 Å². The number of methoxy groups -OCH3 is 1. The highest BCUT2D eigenvalue weighted by Gasteiger charge is 2.15. The van der Waals surface area contributed by atoms with Crippen LogP contribution in [0, 0.1) is 0 Å². The number of amides is 1. The lowest BCUT2D eigenvalue weighted by molar-refractivity contribution is -0.121. The van der Waals surface area contributed by atoms with Gasteiger partial charge in [0.15, 0.2) is 0 Å². The van der Waals surface area contributed by atoms with E-state index in [1.165, 1.54) is 16.5 Å². The minimum absolute atomic E-state index is 0.0702. The number of hydrogen-bond donors (Lipinski definition) is 3. The van der Waals surface area contributed by atoms with E-state index in [9.17, 15) is 4.79 Å². The van der Waals surface area contributed by atoms with E-state index in [0.29, 0.717) is 19.4 Å². The molecule has 5 heteroatoms. The summed E-state index contributed by atoms with van der Waals surface area (Å²) in [5.74, 6) is 0.895. The average Bonchev–Trinajstić information content (AvgIpc) is 3.44. The number of para-hydroxylation sites is 2. The van der Waals surface area contributed by atoms with Gasteiger partial charge in [-0.3, -0.25) is 4.79 Å². The van der Waals surface area contributed by atoms with E-state index in [0.717, 1.165) is 39.8 Å². The van der Waals surface area contributed by atoms with E-state index in [1.54, 1.807) is 7.11 Å². The number of carbonyl (C=O) groups is 1. The zero-order valence-electron chi connectivity index (χ0n) is 18.7. The highest BCUT2D eigenvalue weighted by Crippen LogP contribution is 2.32. The van der Waals surface area contributed by atoms with Crippen molar-refractivity contribution in [2.45, 2.75) is 19.3 Å². The third-order valence-electron chi connectivity index (χ3n) is 6.19. The fraction of sp³-hybridized carbons (Fsp3) is 0.179. The number of fused-ring (bicyclic) bond motifs is 2. The summed E-state index contributed by atoms with van der Waals surface area (Å²) in [6, 6.07) is 24.5. The monoisotopic (exact) mass is 437 g/mol. The minimum Gasteiger partial charge on any atom is -0.497 e. The lowest BCUT2D eigenvalue weighted by Gasteiger charge is -2.08. The SMILES string of the molecule is COc1ccc(-c2[nH]c3ccccc3c2CCC(=O)NCCc2c[nH]c3ccccc23)cc1. The fourth-order valence-corrected chi connectivity index (χ4v) is 4.47. The summed E-state index contributed by atoms with van der Waals surface area (Å²) in [5.41, 5.74) is 6.75. The Morgan fingerprint density at radius 3 is 2.39 bits per heavy atom. The maximum Gasteiger partial charge on any atom is 0.220 e. The van der Waals surface area contributed by atoms with Crippen molar-refractivity contribution in [3.05, 3.63) is 90.1 Å². The number of aromatic nitrogens is 2. The van der Waals surface area contributed by atoms with E-state index in [-0.39, 0.29) is 5.91 Å². The van der Waals surface area contributed by atoms with Gasteiger partial charge in [0.25, 0.3) is 0 Å². The summed E-state index contributed by atoms with van der Waals surface area (Å²) in [6.45, 7) is 0.625. The zero-order valence-corrected chi connectivity index (χ0v) is 18.7. The molecular weight excluding hydrogens is 410 g/mol. The maximum atomic E-state index is 12.7. The van der Waals surface area contributed by atoms with Crippen LogP contribution in [0.3, 0.4) is 0 Å². The Hall–Kier alpha value is -3.99. The molecule has 0 saturated heterocycles. The molecule has 0 fully saturated rings. The Balaban J connectivity index is 1.27. The first-order valence-corrected chi connectivity index (χ1v) is 11.3. The Labute approximate surface area is 192 Å². The second kappa shape index (κ2) is 9.25. The number of H-pyrrole nitrogens is 2. The first kappa shape index (κ1) is 20.9. The van der Waals surface area contributed by atoms with Gasteiger partial charge >= 0.3 is 0 Å². The lowest BCUT2D eigenvalue weighted by Crippen LogP contribution is -2.25. The third kappa shape index (κ3) is 4.35. The Bertz CT molecular complexity index is 1400. The number of ether oxygens (including phenoxy) is 1. The topological polar surface area (TPSA) is 69.9 Å². The van der Waals surface area contributed by atoms with Crippen LogP contribution in [0.2, 0.25) is 0 Å². The summed E-state index contributed by atoms with van der Waals surface area (Å²) in [7, 11) is 1.67. The molecule has 33 heavy (non-hydrogen) atoms. The molecule has 3 N–H and O–H groups in total. The standard InChI is InChI=1S/C28H27N3O2/c1-33-21-12-10-19(11-13-21)28-24(23-7-3-5-9-26(23)31-28)14-15-27(32)29-17-16-20-18-30-25-8-4-2-6-22(20)25/h2-13,18,30-31H,14-17H2,1H3,(H,29,32). The molecule has 0 saturated carbocycles. The molecule has 0 atom stereocenters. The molecule has 0 aliphatic rings. The van der Waals surface area contributed by atoms with Crippen molar-refractivity contribution in [3.63, 3.8) is 0 Å². The van der Waals surface area contributed by atoms with Crippen LogP contribution >= 0.6 is 0 Å². The first-order valence-electron chi connectivity index (χ1n) is 11.3. The Kier molecular flexibility index (Phi) is 5.85. The van der Waals surface area contributed by atoms with Crippen molar-refractivity contribution in [1.82, 2.24) is 15.3 Å². The molecule has 0 aliphatic carbocycles. The highest BCUT2D eigenvalue weighted by atomic mass is 16.5. The van der Waals surface area contributed by atoms with E-state index in [2.05, 4.69) is 39.6 Å². The van der Waals surface area contributed by atoms with Gasteiger partial charge < -0.3 is 20.0 Å². The molecule has 5 aromatic rings. The van der Waals surface area contributed by atoms with Crippen molar-refractivity contribution in [2.24, 2.45) is 0 Å². The van der Waals surface area contributed by atoms with Crippen LogP contribution in [0.5, 0.6) is 5.75 Å². The summed E-state index contributed by atoms with van der Waals surface area (Å²) in [6.07, 6.45) is 3.95. The lowest BCUT2D eigenvalue weighted by atomic mass is 10.0. The quantitative estimate of drug-likeness (QED) is 0.295. The number of hydrogen-bond acceptors (Lipinski definition) is 2. The average molecular weight is 438 g/mol. The number of aryl methyl sites for hydroxylation is 1. The number of benzene rings is 3. The van der Waals surface area contributed by atoms with Crippen molar-refractivity contribution in [2.75, 3.05) is 13.7 Å². The molecule has 3 aromatic carbocycles. The van der Waals surface area contributed by atoms with Crippen LogP contribution in [0.4, 0.5) is 0 Å². The summed E-state index contributed by atoms with van der Waals surface area (Å²) in [4.78, 5) is 19.5.